The fourth-order valence-corrected chi connectivity index (χ4v) is 2.50. The van der Waals surface area contributed by atoms with Gasteiger partial charge in [0, 0.05) is 24.4 Å². The molecule has 0 aliphatic carbocycles. The largest absolute Gasteiger partial charge is 0.478 e. The van der Waals surface area contributed by atoms with E-state index in [9.17, 15) is 9.59 Å². The Morgan fingerprint density at radius 2 is 2.24 bits per heavy atom. The van der Waals surface area contributed by atoms with Crippen LogP contribution in [0.3, 0.4) is 0 Å². The standard InChI is InChI=1S/C15H15N3O3/c19-14-7-4-9(17-14)8-16-13-6-5-10-11(15(20)21)2-1-3-12(10)18-13/h1-3,5-6,9H,4,7-8H2,(H,16,18)(H,17,19)(H,20,21). The Kier molecular flexibility index (Phi) is 3.43. The SMILES string of the molecule is O=C1CCC(CNc2ccc3c(C(=O)O)cccc3n2)N1. The molecule has 1 atom stereocenters. The van der Waals surface area contributed by atoms with Gasteiger partial charge in [-0.15, -0.1) is 0 Å². The Labute approximate surface area is 121 Å². The van der Waals surface area contributed by atoms with Crippen LogP contribution in [0.15, 0.2) is 30.3 Å². The number of benzene rings is 1. The number of pyridine rings is 1. The van der Waals surface area contributed by atoms with Crippen molar-refractivity contribution in [1.29, 1.82) is 0 Å². The molecular formula is C15H15N3O3. The molecule has 6 heteroatoms. The van der Waals surface area contributed by atoms with Gasteiger partial charge in [-0.1, -0.05) is 6.07 Å². The minimum Gasteiger partial charge on any atom is -0.478 e. The van der Waals surface area contributed by atoms with E-state index in [1.165, 1.54) is 0 Å². The van der Waals surface area contributed by atoms with Gasteiger partial charge in [0.15, 0.2) is 0 Å². The fourth-order valence-electron chi connectivity index (χ4n) is 2.50. The number of carbonyl (C=O) groups is 2. The molecule has 1 aromatic carbocycles. The maximum Gasteiger partial charge on any atom is 0.336 e. The average Bonchev–Trinajstić information content (AvgIpc) is 2.89. The molecular weight excluding hydrogens is 270 g/mol. The number of carboxylic acid groups (broad SMARTS) is 1. The van der Waals surface area contributed by atoms with Gasteiger partial charge in [-0.05, 0) is 30.7 Å². The normalized spacial score (nSPS) is 17.7. The van der Waals surface area contributed by atoms with Crippen molar-refractivity contribution in [3.63, 3.8) is 0 Å². The lowest BCUT2D eigenvalue weighted by Gasteiger charge is -2.12. The molecule has 1 aliphatic rings. The zero-order chi connectivity index (χ0) is 14.8. The van der Waals surface area contributed by atoms with E-state index in [0.717, 1.165) is 6.42 Å². The quantitative estimate of drug-likeness (QED) is 0.794. The second-order valence-corrected chi connectivity index (χ2v) is 5.06. The topological polar surface area (TPSA) is 91.3 Å². The molecule has 0 saturated carbocycles. The maximum atomic E-state index is 11.1. The van der Waals surface area contributed by atoms with E-state index in [0.29, 0.717) is 29.7 Å². The smallest absolute Gasteiger partial charge is 0.336 e. The van der Waals surface area contributed by atoms with Gasteiger partial charge in [0.05, 0.1) is 11.1 Å². The van der Waals surface area contributed by atoms with E-state index in [1.807, 2.05) is 0 Å². The Morgan fingerprint density at radius 3 is 2.95 bits per heavy atom. The van der Waals surface area contributed by atoms with E-state index in [-0.39, 0.29) is 17.5 Å². The summed E-state index contributed by atoms with van der Waals surface area (Å²) in [6, 6.07) is 8.66. The monoisotopic (exact) mass is 285 g/mol. The number of carbonyl (C=O) groups excluding carboxylic acids is 1. The van der Waals surface area contributed by atoms with Crippen molar-refractivity contribution in [2.75, 3.05) is 11.9 Å². The average molecular weight is 285 g/mol. The molecule has 1 unspecified atom stereocenters. The Morgan fingerprint density at radius 1 is 1.38 bits per heavy atom. The molecule has 21 heavy (non-hydrogen) atoms. The molecule has 1 aromatic heterocycles. The summed E-state index contributed by atoms with van der Waals surface area (Å²) in [7, 11) is 0. The Bertz CT molecular complexity index is 714. The molecule has 0 spiro atoms. The van der Waals surface area contributed by atoms with Crippen LogP contribution >= 0.6 is 0 Å². The van der Waals surface area contributed by atoms with Crippen molar-refractivity contribution < 1.29 is 14.7 Å². The number of fused-ring (bicyclic) bond motifs is 1. The third-order valence-electron chi connectivity index (χ3n) is 3.58. The lowest BCUT2D eigenvalue weighted by Crippen LogP contribution is -2.31. The molecule has 108 valence electrons. The van der Waals surface area contributed by atoms with Gasteiger partial charge in [-0.2, -0.15) is 0 Å². The molecule has 3 N–H and O–H groups in total. The summed E-state index contributed by atoms with van der Waals surface area (Å²) < 4.78 is 0. The van der Waals surface area contributed by atoms with Crippen molar-refractivity contribution in [1.82, 2.24) is 10.3 Å². The van der Waals surface area contributed by atoms with Gasteiger partial charge in [0.1, 0.15) is 5.82 Å². The van der Waals surface area contributed by atoms with Crippen molar-refractivity contribution in [3.05, 3.63) is 35.9 Å². The summed E-state index contributed by atoms with van der Waals surface area (Å²) in [5, 5.41) is 15.8. The molecule has 1 fully saturated rings. The van der Waals surface area contributed by atoms with Crippen LogP contribution in [0.25, 0.3) is 10.9 Å². The van der Waals surface area contributed by atoms with Crippen LogP contribution in [0.1, 0.15) is 23.2 Å². The first-order chi connectivity index (χ1) is 10.1. The fraction of sp³-hybridized carbons (Fsp3) is 0.267. The van der Waals surface area contributed by atoms with Crippen LogP contribution in [0.2, 0.25) is 0 Å². The first kappa shape index (κ1) is 13.4. The third-order valence-corrected chi connectivity index (χ3v) is 3.58. The van der Waals surface area contributed by atoms with Crippen molar-refractivity contribution in [2.45, 2.75) is 18.9 Å². The predicted molar refractivity (Wildman–Crippen MR) is 78.4 cm³/mol. The van der Waals surface area contributed by atoms with Gasteiger partial charge in [0.2, 0.25) is 5.91 Å². The number of aromatic nitrogens is 1. The van der Waals surface area contributed by atoms with Crippen LogP contribution in [-0.2, 0) is 4.79 Å². The minimum atomic E-state index is -0.961. The lowest BCUT2D eigenvalue weighted by molar-refractivity contribution is -0.119. The number of rotatable bonds is 4. The van der Waals surface area contributed by atoms with E-state index in [1.54, 1.807) is 30.3 Å². The highest BCUT2D eigenvalue weighted by Gasteiger charge is 2.20. The second-order valence-electron chi connectivity index (χ2n) is 5.06. The van der Waals surface area contributed by atoms with Crippen molar-refractivity contribution in [3.8, 4) is 0 Å². The Balaban J connectivity index is 1.78. The van der Waals surface area contributed by atoms with Crippen molar-refractivity contribution >= 4 is 28.6 Å². The van der Waals surface area contributed by atoms with Crippen LogP contribution in [-0.4, -0.2) is 34.6 Å². The zero-order valence-electron chi connectivity index (χ0n) is 11.3. The summed E-state index contributed by atoms with van der Waals surface area (Å²) >= 11 is 0. The van der Waals surface area contributed by atoms with E-state index in [2.05, 4.69) is 15.6 Å². The number of amides is 1. The lowest BCUT2D eigenvalue weighted by atomic mass is 10.1. The van der Waals surface area contributed by atoms with Crippen molar-refractivity contribution in [2.24, 2.45) is 0 Å². The number of anilines is 1. The first-order valence-corrected chi connectivity index (χ1v) is 6.80. The number of hydrogen-bond acceptors (Lipinski definition) is 4. The van der Waals surface area contributed by atoms with Crippen LogP contribution in [0.5, 0.6) is 0 Å². The number of carboxylic acids is 1. The van der Waals surface area contributed by atoms with E-state index in [4.69, 9.17) is 5.11 Å². The first-order valence-electron chi connectivity index (χ1n) is 6.80. The summed E-state index contributed by atoms with van der Waals surface area (Å²) in [6.07, 6.45) is 1.39. The zero-order valence-corrected chi connectivity index (χ0v) is 11.3. The molecule has 2 heterocycles. The van der Waals surface area contributed by atoms with Crippen LogP contribution in [0.4, 0.5) is 5.82 Å². The van der Waals surface area contributed by atoms with Crippen LogP contribution < -0.4 is 10.6 Å². The van der Waals surface area contributed by atoms with Gasteiger partial charge >= 0.3 is 5.97 Å². The molecule has 1 amide bonds. The predicted octanol–water partition coefficient (Wildman–Crippen LogP) is 1.62. The molecule has 2 aromatic rings. The molecule has 3 rings (SSSR count). The molecule has 0 bridgehead atoms. The number of aromatic carboxylic acids is 1. The number of nitrogens with zero attached hydrogens (tertiary/aromatic N) is 1. The van der Waals surface area contributed by atoms with E-state index >= 15 is 0 Å². The highest BCUT2D eigenvalue weighted by molar-refractivity contribution is 6.02. The van der Waals surface area contributed by atoms with Crippen LogP contribution in [0, 0.1) is 0 Å². The summed E-state index contributed by atoms with van der Waals surface area (Å²) in [5.74, 6) is -0.206. The third kappa shape index (κ3) is 2.79. The summed E-state index contributed by atoms with van der Waals surface area (Å²) in [4.78, 5) is 26.7. The highest BCUT2D eigenvalue weighted by Crippen LogP contribution is 2.19. The van der Waals surface area contributed by atoms with Gasteiger partial charge in [-0.25, -0.2) is 9.78 Å². The highest BCUT2D eigenvalue weighted by atomic mass is 16.4. The second kappa shape index (κ2) is 5.40. The summed E-state index contributed by atoms with van der Waals surface area (Å²) in [6.45, 7) is 0.614. The molecule has 1 saturated heterocycles. The van der Waals surface area contributed by atoms with Gasteiger partial charge in [-0.3, -0.25) is 4.79 Å². The Hall–Kier alpha value is -2.63. The molecule has 0 radical (unpaired) electrons. The molecule has 1 aliphatic heterocycles. The molecule has 6 nitrogen and oxygen atoms in total. The number of hydrogen-bond donors (Lipinski definition) is 3. The minimum absolute atomic E-state index is 0.0828. The summed E-state index contributed by atoms with van der Waals surface area (Å²) in [5.41, 5.74) is 0.880. The maximum absolute atomic E-state index is 11.1. The van der Waals surface area contributed by atoms with E-state index < -0.39 is 5.97 Å². The van der Waals surface area contributed by atoms with Gasteiger partial charge in [0.25, 0.3) is 0 Å². The number of nitrogens with one attached hydrogen (secondary N) is 2. The van der Waals surface area contributed by atoms with Gasteiger partial charge < -0.3 is 15.7 Å².